The zero-order valence-electron chi connectivity index (χ0n) is 13.2. The quantitative estimate of drug-likeness (QED) is 0.426. The van der Waals surface area contributed by atoms with Gasteiger partial charge in [-0.15, -0.1) is 0 Å². The zero-order valence-corrected chi connectivity index (χ0v) is 14.0. The summed E-state index contributed by atoms with van der Waals surface area (Å²) in [6, 6.07) is 9.58. The summed E-state index contributed by atoms with van der Waals surface area (Å²) in [7, 11) is 1.49. The topological polar surface area (TPSA) is 108 Å². The lowest BCUT2D eigenvalue weighted by atomic mass is 10.3. The Balaban J connectivity index is 2.20. The van der Waals surface area contributed by atoms with Crippen molar-refractivity contribution < 1.29 is 19.3 Å². The van der Waals surface area contributed by atoms with Gasteiger partial charge >= 0.3 is 5.82 Å². The summed E-state index contributed by atoms with van der Waals surface area (Å²) in [4.78, 5) is 15.7. The van der Waals surface area contributed by atoms with Crippen LogP contribution in [0.3, 0.4) is 0 Å². The smallest absolute Gasteiger partial charge is 0.438 e. The van der Waals surface area contributed by atoms with Gasteiger partial charge in [0.1, 0.15) is 17.3 Å². The maximum Gasteiger partial charge on any atom is 0.438 e. The monoisotopic (exact) mass is 379 g/mol. The Morgan fingerprint density at radius 2 is 2.00 bits per heavy atom. The van der Waals surface area contributed by atoms with Crippen LogP contribution in [0.15, 0.2) is 47.5 Å². The molecule has 11 heteroatoms. The Bertz CT molecular complexity index is 1050. The van der Waals surface area contributed by atoms with E-state index in [9.17, 15) is 19.7 Å². The third-order valence-corrected chi connectivity index (χ3v) is 3.67. The first-order valence-corrected chi connectivity index (χ1v) is 7.48. The molecule has 0 aliphatic rings. The van der Waals surface area contributed by atoms with E-state index in [1.54, 1.807) is 12.1 Å². The molecule has 0 saturated heterocycles. The highest BCUT2D eigenvalue weighted by molar-refractivity contribution is 6.32. The Labute approximate surface area is 150 Å². The molecule has 3 rings (SSSR count). The average Bonchev–Trinajstić information content (AvgIpc) is 2.94. The second kappa shape index (κ2) is 6.84. The van der Waals surface area contributed by atoms with Crippen molar-refractivity contribution in [2.24, 2.45) is 4.99 Å². The lowest BCUT2D eigenvalue weighted by Crippen LogP contribution is -2.22. The molecule has 0 aliphatic carbocycles. The van der Waals surface area contributed by atoms with Crippen molar-refractivity contribution in [2.45, 2.75) is 0 Å². The Hall–Kier alpha value is -3.40. The number of hydrogen-bond acceptors (Lipinski definition) is 6. The average molecular weight is 380 g/mol. The van der Waals surface area contributed by atoms with Crippen molar-refractivity contribution in [1.82, 2.24) is 14.7 Å². The van der Waals surface area contributed by atoms with Crippen molar-refractivity contribution in [3.8, 4) is 11.4 Å². The first kappa shape index (κ1) is 17.4. The van der Waals surface area contributed by atoms with Crippen LogP contribution >= 0.6 is 11.6 Å². The highest BCUT2D eigenvalue weighted by Gasteiger charge is 2.24. The summed E-state index contributed by atoms with van der Waals surface area (Å²) < 4.78 is 18.2. The molecule has 3 aromatic rings. The van der Waals surface area contributed by atoms with Crippen LogP contribution in [-0.2, 0) is 0 Å². The van der Waals surface area contributed by atoms with E-state index >= 15 is 0 Å². The van der Waals surface area contributed by atoms with Crippen molar-refractivity contribution >= 4 is 23.1 Å². The summed E-state index contributed by atoms with van der Waals surface area (Å²) in [6.45, 7) is 0. The highest BCUT2D eigenvalue weighted by Crippen LogP contribution is 2.25. The molecule has 0 spiro atoms. The SMILES string of the molecule is COc1ccc(-n2nc([N+](=O)[O-])c(=Nc3ccc(F)cc3Cl)n2O)cc1. The van der Waals surface area contributed by atoms with Crippen LogP contribution in [0.2, 0.25) is 5.02 Å². The van der Waals surface area contributed by atoms with E-state index in [2.05, 4.69) is 10.1 Å². The lowest BCUT2D eigenvalue weighted by Gasteiger charge is -2.02. The molecule has 9 nitrogen and oxygen atoms in total. The number of methoxy groups -OCH3 is 1. The molecule has 1 aromatic heterocycles. The lowest BCUT2D eigenvalue weighted by molar-refractivity contribution is -0.391. The second-order valence-corrected chi connectivity index (χ2v) is 5.40. The molecule has 0 unspecified atom stereocenters. The first-order chi connectivity index (χ1) is 12.4. The van der Waals surface area contributed by atoms with Crippen LogP contribution in [0.1, 0.15) is 0 Å². The van der Waals surface area contributed by atoms with E-state index in [1.807, 2.05) is 0 Å². The van der Waals surface area contributed by atoms with Crippen LogP contribution in [0.4, 0.5) is 15.9 Å². The van der Waals surface area contributed by atoms with Crippen molar-refractivity contribution in [1.29, 1.82) is 0 Å². The number of nitro groups is 1. The molecule has 26 heavy (non-hydrogen) atoms. The summed E-state index contributed by atoms with van der Waals surface area (Å²) >= 11 is 5.89. The number of rotatable bonds is 4. The van der Waals surface area contributed by atoms with E-state index in [0.29, 0.717) is 16.3 Å². The Kier molecular flexibility index (Phi) is 4.59. The molecule has 0 amide bonds. The molecule has 0 fully saturated rings. The van der Waals surface area contributed by atoms with Gasteiger partial charge in [0.05, 0.1) is 22.9 Å². The third kappa shape index (κ3) is 3.22. The number of benzene rings is 2. The van der Waals surface area contributed by atoms with Crippen molar-refractivity contribution in [3.63, 3.8) is 0 Å². The summed E-state index contributed by atoms with van der Waals surface area (Å²) in [5, 5.41) is 25.3. The molecule has 0 aliphatic heterocycles. The van der Waals surface area contributed by atoms with Gasteiger partial charge in [0.25, 0.3) is 5.49 Å². The van der Waals surface area contributed by atoms with Gasteiger partial charge in [0.2, 0.25) is 0 Å². The predicted octanol–water partition coefficient (Wildman–Crippen LogP) is 2.85. The van der Waals surface area contributed by atoms with Crippen molar-refractivity contribution in [3.05, 3.63) is 68.9 Å². The van der Waals surface area contributed by atoms with Gasteiger partial charge in [-0.05, 0) is 52.2 Å². The van der Waals surface area contributed by atoms with Gasteiger partial charge in [-0.1, -0.05) is 16.4 Å². The summed E-state index contributed by atoms with van der Waals surface area (Å²) in [5.74, 6) is -0.735. The minimum Gasteiger partial charge on any atom is -0.497 e. The fraction of sp³-hybridized carbons (Fsp3) is 0.0667. The molecule has 1 N–H and O–H groups in total. The number of aromatic nitrogens is 3. The molecule has 134 valence electrons. The van der Waals surface area contributed by atoms with Crippen LogP contribution in [0.25, 0.3) is 5.69 Å². The molecule has 0 saturated carbocycles. The Morgan fingerprint density at radius 1 is 1.31 bits per heavy atom. The minimum atomic E-state index is -0.803. The Morgan fingerprint density at radius 3 is 2.58 bits per heavy atom. The molecule has 2 aromatic carbocycles. The van der Waals surface area contributed by atoms with Crippen LogP contribution in [-0.4, -0.2) is 32.0 Å². The number of halogens is 2. The molecule has 0 bridgehead atoms. The fourth-order valence-electron chi connectivity index (χ4n) is 2.14. The van der Waals surface area contributed by atoms with Crippen LogP contribution in [0.5, 0.6) is 5.75 Å². The fourth-order valence-corrected chi connectivity index (χ4v) is 2.35. The van der Waals surface area contributed by atoms with Crippen LogP contribution in [0, 0.1) is 15.9 Å². The molecule has 1 heterocycles. The summed E-state index contributed by atoms with van der Waals surface area (Å²) in [6.07, 6.45) is 0. The van der Waals surface area contributed by atoms with E-state index in [0.717, 1.165) is 16.9 Å². The van der Waals surface area contributed by atoms with Gasteiger partial charge in [-0.2, -0.15) is 0 Å². The summed E-state index contributed by atoms with van der Waals surface area (Å²) in [5.41, 5.74) is -0.115. The van der Waals surface area contributed by atoms with Gasteiger partial charge in [0.15, 0.2) is 0 Å². The van der Waals surface area contributed by atoms with Gasteiger partial charge in [-0.3, -0.25) is 0 Å². The molecular weight excluding hydrogens is 369 g/mol. The van der Waals surface area contributed by atoms with Crippen LogP contribution < -0.4 is 10.2 Å². The van der Waals surface area contributed by atoms with Gasteiger partial charge in [-0.25, -0.2) is 9.38 Å². The first-order valence-electron chi connectivity index (χ1n) is 7.11. The molecular formula is C15H11ClFN5O4. The standard InChI is InChI=1S/C15H11ClFN5O4/c1-26-11-5-3-10(4-6-11)20-19-15(22(24)25)14(21(20)23)18-13-7-2-9(17)8-12(13)16/h2-8,23H,1H3. The van der Waals surface area contributed by atoms with Gasteiger partial charge in [0, 0.05) is 0 Å². The van der Waals surface area contributed by atoms with E-state index in [4.69, 9.17) is 16.3 Å². The zero-order chi connectivity index (χ0) is 18.8. The maximum atomic E-state index is 13.1. The minimum absolute atomic E-state index is 0.0354. The number of hydrogen-bond donors (Lipinski definition) is 1. The predicted molar refractivity (Wildman–Crippen MR) is 88.6 cm³/mol. The van der Waals surface area contributed by atoms with E-state index in [-0.39, 0.29) is 10.7 Å². The maximum absolute atomic E-state index is 13.1. The molecule has 0 radical (unpaired) electrons. The largest absolute Gasteiger partial charge is 0.497 e. The second-order valence-electron chi connectivity index (χ2n) is 4.99. The molecule has 0 atom stereocenters. The normalized spacial score (nSPS) is 11.6. The van der Waals surface area contributed by atoms with E-state index in [1.165, 1.54) is 25.3 Å². The van der Waals surface area contributed by atoms with E-state index < -0.39 is 22.0 Å². The highest BCUT2D eigenvalue weighted by atomic mass is 35.5. The number of nitrogens with zero attached hydrogens (tertiary/aromatic N) is 5. The van der Waals surface area contributed by atoms with Gasteiger partial charge < -0.3 is 20.1 Å². The number of ether oxygens (including phenoxy) is 1. The van der Waals surface area contributed by atoms with Crippen molar-refractivity contribution in [2.75, 3.05) is 7.11 Å². The third-order valence-electron chi connectivity index (χ3n) is 3.37.